The number of ether oxygens (including phenoxy) is 2. The van der Waals surface area contributed by atoms with Crippen LogP contribution in [0.3, 0.4) is 0 Å². The van der Waals surface area contributed by atoms with Crippen LogP contribution in [-0.4, -0.2) is 57.1 Å². The maximum Gasteiger partial charge on any atom is 0.255 e. The van der Waals surface area contributed by atoms with Crippen molar-refractivity contribution >= 4 is 18.3 Å². The second-order valence-corrected chi connectivity index (χ2v) is 5.03. The van der Waals surface area contributed by atoms with Crippen LogP contribution < -0.4 is 15.4 Å². The Kier molecular flexibility index (Phi) is 8.19. The van der Waals surface area contributed by atoms with E-state index >= 15 is 0 Å². The number of nitrogens with one attached hydrogen (secondary N) is 2. The number of carbonyl (C=O) groups is 1. The number of halogens is 1. The zero-order valence-electron chi connectivity index (χ0n) is 12.6. The van der Waals surface area contributed by atoms with E-state index in [1.807, 2.05) is 6.07 Å². The molecule has 6 nitrogen and oxygen atoms in total. The summed E-state index contributed by atoms with van der Waals surface area (Å²) >= 11 is 0. The summed E-state index contributed by atoms with van der Waals surface area (Å²) in [6.07, 6.45) is -0.404. The summed E-state index contributed by atoms with van der Waals surface area (Å²) in [5.74, 6) is 0.398. The van der Waals surface area contributed by atoms with E-state index in [4.69, 9.17) is 9.47 Å². The molecule has 1 amide bonds. The van der Waals surface area contributed by atoms with E-state index in [9.17, 15) is 9.90 Å². The van der Waals surface area contributed by atoms with Gasteiger partial charge in [-0.3, -0.25) is 4.79 Å². The van der Waals surface area contributed by atoms with Gasteiger partial charge in [0.1, 0.15) is 12.4 Å². The van der Waals surface area contributed by atoms with Crippen molar-refractivity contribution in [3.8, 4) is 5.75 Å². The maximum absolute atomic E-state index is 12.2. The lowest BCUT2D eigenvalue weighted by Crippen LogP contribution is -2.34. The molecule has 1 fully saturated rings. The smallest absolute Gasteiger partial charge is 0.255 e. The van der Waals surface area contributed by atoms with Crippen LogP contribution in [0.1, 0.15) is 10.4 Å². The summed E-state index contributed by atoms with van der Waals surface area (Å²) < 4.78 is 10.5. The molecule has 0 bridgehead atoms. The minimum Gasteiger partial charge on any atom is -0.490 e. The van der Waals surface area contributed by atoms with E-state index < -0.39 is 6.10 Å². The van der Waals surface area contributed by atoms with Crippen molar-refractivity contribution in [1.29, 1.82) is 0 Å². The van der Waals surface area contributed by atoms with Gasteiger partial charge in [-0.25, -0.2) is 0 Å². The minimum atomic E-state index is -0.404. The average Bonchev–Trinajstić information content (AvgIpc) is 2.91. The van der Waals surface area contributed by atoms with Crippen molar-refractivity contribution in [2.75, 3.05) is 40.0 Å². The van der Waals surface area contributed by atoms with Crippen LogP contribution in [0.2, 0.25) is 0 Å². The highest BCUT2D eigenvalue weighted by Crippen LogP contribution is 2.18. The van der Waals surface area contributed by atoms with Gasteiger partial charge < -0.3 is 25.2 Å². The topological polar surface area (TPSA) is 79.8 Å². The molecule has 1 aromatic carbocycles. The number of aliphatic hydroxyl groups excluding tert-OH is 1. The summed E-state index contributed by atoms with van der Waals surface area (Å²) in [5, 5.41) is 15.7. The van der Waals surface area contributed by atoms with Crippen LogP contribution >= 0.6 is 12.4 Å². The van der Waals surface area contributed by atoms with Gasteiger partial charge in [0, 0.05) is 32.7 Å². The van der Waals surface area contributed by atoms with Gasteiger partial charge >= 0.3 is 0 Å². The fraction of sp³-hybridized carbons (Fsp3) is 0.533. The Morgan fingerprint density at radius 2 is 2.14 bits per heavy atom. The van der Waals surface area contributed by atoms with E-state index in [2.05, 4.69) is 10.6 Å². The zero-order valence-corrected chi connectivity index (χ0v) is 13.4. The Balaban J connectivity index is 0.00000242. The first-order valence-corrected chi connectivity index (χ1v) is 7.10. The van der Waals surface area contributed by atoms with Crippen molar-refractivity contribution in [2.24, 2.45) is 5.92 Å². The van der Waals surface area contributed by atoms with Gasteiger partial charge in [-0.15, -0.1) is 12.4 Å². The van der Waals surface area contributed by atoms with Crippen LogP contribution in [0.5, 0.6) is 5.75 Å². The summed E-state index contributed by atoms with van der Waals surface area (Å²) in [7, 11) is 1.60. The lowest BCUT2D eigenvalue weighted by Gasteiger charge is -2.15. The van der Waals surface area contributed by atoms with Gasteiger partial charge in [-0.1, -0.05) is 12.1 Å². The molecule has 1 saturated heterocycles. The van der Waals surface area contributed by atoms with Gasteiger partial charge in [-0.05, 0) is 12.1 Å². The molecule has 2 rings (SSSR count). The number of carbonyl (C=O) groups excluding carboxylic acids is 1. The van der Waals surface area contributed by atoms with Gasteiger partial charge in [0.2, 0.25) is 0 Å². The molecular weight excluding hydrogens is 308 g/mol. The largest absolute Gasteiger partial charge is 0.490 e. The van der Waals surface area contributed by atoms with Crippen LogP contribution in [0.25, 0.3) is 0 Å². The molecule has 0 aliphatic carbocycles. The highest BCUT2D eigenvalue weighted by molar-refractivity contribution is 5.96. The Morgan fingerprint density at radius 1 is 1.36 bits per heavy atom. The molecule has 3 N–H and O–H groups in total. The Morgan fingerprint density at radius 3 is 2.82 bits per heavy atom. The first-order valence-electron chi connectivity index (χ1n) is 7.10. The lowest BCUT2D eigenvalue weighted by atomic mass is 10.1. The predicted molar refractivity (Wildman–Crippen MR) is 85.8 cm³/mol. The van der Waals surface area contributed by atoms with E-state index in [0.29, 0.717) is 44.2 Å². The van der Waals surface area contributed by atoms with Crippen LogP contribution in [0.15, 0.2) is 24.3 Å². The zero-order chi connectivity index (χ0) is 15.1. The molecule has 2 atom stereocenters. The highest BCUT2D eigenvalue weighted by atomic mass is 35.5. The highest BCUT2D eigenvalue weighted by Gasteiger charge is 2.25. The second kappa shape index (κ2) is 9.63. The SMILES string of the molecule is COCCOc1ccccc1C(=O)NCC1CNCC1O.Cl. The standard InChI is InChI=1S/C15H22N2O4.ClH/c1-20-6-7-21-14-5-3-2-4-12(14)15(19)17-9-11-8-16-10-13(11)18;/h2-5,11,13,16,18H,6-10H2,1H3,(H,17,19);1H. The fourth-order valence-electron chi connectivity index (χ4n) is 2.26. The number of amides is 1. The first-order chi connectivity index (χ1) is 10.2. The number of hydrogen-bond acceptors (Lipinski definition) is 5. The Hall–Kier alpha value is -1.34. The predicted octanol–water partition coefficient (Wildman–Crippen LogP) is 0.444. The quantitative estimate of drug-likeness (QED) is 0.632. The first kappa shape index (κ1) is 18.7. The van der Waals surface area contributed by atoms with E-state index in [1.54, 1.807) is 25.3 Å². The summed E-state index contributed by atoms with van der Waals surface area (Å²) in [4.78, 5) is 12.2. The number of rotatable bonds is 7. The lowest BCUT2D eigenvalue weighted by molar-refractivity contribution is 0.0919. The number of β-amino-alcohol motifs (C(OH)–C–C–N with tert-alkyl or cyclic N) is 1. The summed E-state index contributed by atoms with van der Waals surface area (Å²) in [6, 6.07) is 7.10. The molecule has 1 heterocycles. The number of hydrogen-bond donors (Lipinski definition) is 3. The molecule has 1 aromatic rings. The van der Waals surface area contributed by atoms with E-state index in [-0.39, 0.29) is 24.2 Å². The molecule has 22 heavy (non-hydrogen) atoms. The van der Waals surface area contributed by atoms with Gasteiger partial charge in [-0.2, -0.15) is 0 Å². The molecule has 1 aliphatic heterocycles. The summed E-state index contributed by atoms with van der Waals surface area (Å²) in [5.41, 5.74) is 0.494. The second-order valence-electron chi connectivity index (χ2n) is 5.03. The minimum absolute atomic E-state index is 0. The molecule has 124 valence electrons. The van der Waals surface area contributed by atoms with Crippen molar-refractivity contribution in [1.82, 2.24) is 10.6 Å². The molecule has 0 radical (unpaired) electrons. The average molecular weight is 331 g/mol. The van der Waals surface area contributed by atoms with E-state index in [1.165, 1.54) is 0 Å². The van der Waals surface area contributed by atoms with Gasteiger partial charge in [0.15, 0.2) is 0 Å². The van der Waals surface area contributed by atoms with Gasteiger partial charge in [0.25, 0.3) is 5.91 Å². The summed E-state index contributed by atoms with van der Waals surface area (Å²) in [6.45, 7) is 2.60. The van der Waals surface area contributed by atoms with Crippen molar-refractivity contribution in [3.05, 3.63) is 29.8 Å². The van der Waals surface area contributed by atoms with Gasteiger partial charge in [0.05, 0.1) is 18.3 Å². The molecule has 0 spiro atoms. The molecule has 7 heteroatoms. The third kappa shape index (κ3) is 5.14. The molecular formula is C15H23ClN2O4. The monoisotopic (exact) mass is 330 g/mol. The van der Waals surface area contributed by atoms with Crippen LogP contribution in [0, 0.1) is 5.92 Å². The third-order valence-corrected chi connectivity index (χ3v) is 3.51. The normalized spacial score (nSPS) is 20.3. The van der Waals surface area contributed by atoms with Crippen molar-refractivity contribution in [3.63, 3.8) is 0 Å². The van der Waals surface area contributed by atoms with Crippen LogP contribution in [-0.2, 0) is 4.74 Å². The number of benzene rings is 1. The Labute approximate surface area is 136 Å². The fourth-order valence-corrected chi connectivity index (χ4v) is 2.26. The van der Waals surface area contributed by atoms with E-state index in [0.717, 1.165) is 0 Å². The van der Waals surface area contributed by atoms with Crippen molar-refractivity contribution < 1.29 is 19.4 Å². The van der Waals surface area contributed by atoms with Crippen molar-refractivity contribution in [2.45, 2.75) is 6.10 Å². The number of aliphatic hydroxyl groups is 1. The Bertz CT molecular complexity index is 473. The number of methoxy groups -OCH3 is 1. The molecule has 0 aromatic heterocycles. The number of para-hydroxylation sites is 1. The maximum atomic E-state index is 12.2. The molecule has 2 unspecified atom stereocenters. The van der Waals surface area contributed by atoms with Crippen LogP contribution in [0.4, 0.5) is 0 Å². The molecule has 0 saturated carbocycles. The molecule has 1 aliphatic rings. The third-order valence-electron chi connectivity index (χ3n) is 3.51.